The average Bonchev–Trinajstić information content (AvgIpc) is 2.41. The number of hydrogen-bond acceptors (Lipinski definition) is 2. The van der Waals surface area contributed by atoms with Gasteiger partial charge in [0.15, 0.2) is 0 Å². The van der Waals surface area contributed by atoms with E-state index in [0.717, 1.165) is 17.1 Å². The highest BCUT2D eigenvalue weighted by molar-refractivity contribution is 5.61. The molecule has 0 amide bonds. The van der Waals surface area contributed by atoms with Crippen molar-refractivity contribution in [3.05, 3.63) is 54.1 Å². The number of nitrogens with two attached hydrogens (primary N) is 1. The van der Waals surface area contributed by atoms with E-state index in [1.165, 1.54) is 12.0 Å². The van der Waals surface area contributed by atoms with Crippen molar-refractivity contribution in [2.75, 3.05) is 11.1 Å². The number of benzene rings is 2. The third kappa shape index (κ3) is 3.04. The minimum Gasteiger partial charge on any atom is -0.399 e. The van der Waals surface area contributed by atoms with Gasteiger partial charge in [-0.25, -0.2) is 0 Å². The van der Waals surface area contributed by atoms with Crippen LogP contribution < -0.4 is 11.1 Å². The van der Waals surface area contributed by atoms with Gasteiger partial charge in [0.05, 0.1) is 0 Å². The summed E-state index contributed by atoms with van der Waals surface area (Å²) in [5.41, 5.74) is 9.99. The molecule has 2 aromatic carbocycles. The van der Waals surface area contributed by atoms with Crippen LogP contribution >= 0.6 is 0 Å². The van der Waals surface area contributed by atoms with E-state index in [2.05, 4.69) is 43.4 Å². The molecule has 0 aliphatic heterocycles. The Morgan fingerprint density at radius 1 is 0.944 bits per heavy atom. The number of anilines is 3. The van der Waals surface area contributed by atoms with Crippen LogP contribution in [-0.2, 0) is 0 Å². The first-order valence-corrected chi connectivity index (χ1v) is 6.41. The molecule has 0 spiro atoms. The highest BCUT2D eigenvalue weighted by atomic mass is 14.9. The fourth-order valence-electron chi connectivity index (χ4n) is 1.86. The summed E-state index contributed by atoms with van der Waals surface area (Å²) in [4.78, 5) is 0. The summed E-state index contributed by atoms with van der Waals surface area (Å²) in [5.74, 6) is 0.621. The van der Waals surface area contributed by atoms with Crippen LogP contribution in [-0.4, -0.2) is 0 Å². The van der Waals surface area contributed by atoms with E-state index in [1.807, 2.05) is 24.3 Å². The van der Waals surface area contributed by atoms with Gasteiger partial charge in [-0.2, -0.15) is 0 Å². The van der Waals surface area contributed by atoms with Crippen LogP contribution in [0.15, 0.2) is 48.5 Å². The zero-order valence-electron chi connectivity index (χ0n) is 11.0. The van der Waals surface area contributed by atoms with Crippen molar-refractivity contribution in [2.24, 2.45) is 0 Å². The quantitative estimate of drug-likeness (QED) is 0.771. The van der Waals surface area contributed by atoms with E-state index in [4.69, 9.17) is 5.73 Å². The van der Waals surface area contributed by atoms with Crippen molar-refractivity contribution in [3.63, 3.8) is 0 Å². The molecule has 3 N–H and O–H groups in total. The molecule has 0 saturated carbocycles. The first-order chi connectivity index (χ1) is 8.69. The molecule has 18 heavy (non-hydrogen) atoms. The molecule has 0 aromatic heterocycles. The molecule has 2 nitrogen and oxygen atoms in total. The van der Waals surface area contributed by atoms with Crippen LogP contribution in [0.25, 0.3) is 0 Å². The fraction of sp³-hybridized carbons (Fsp3) is 0.250. The third-order valence-corrected chi connectivity index (χ3v) is 3.29. The highest BCUT2D eigenvalue weighted by Gasteiger charge is 2.02. The Morgan fingerprint density at radius 3 is 1.94 bits per heavy atom. The molecule has 0 bridgehead atoms. The molecule has 2 aromatic rings. The molecule has 0 aliphatic carbocycles. The minimum atomic E-state index is 0.621. The van der Waals surface area contributed by atoms with Crippen LogP contribution in [0.1, 0.15) is 31.7 Å². The SMILES string of the molecule is CCC(C)c1ccc(Nc2ccc(N)cc2)cc1. The summed E-state index contributed by atoms with van der Waals surface area (Å²) in [6.07, 6.45) is 1.17. The van der Waals surface area contributed by atoms with Crippen LogP contribution in [0.2, 0.25) is 0 Å². The van der Waals surface area contributed by atoms with Crippen molar-refractivity contribution in [1.82, 2.24) is 0 Å². The van der Waals surface area contributed by atoms with Gasteiger partial charge in [-0.3, -0.25) is 0 Å². The molecule has 94 valence electrons. The van der Waals surface area contributed by atoms with Gasteiger partial charge in [-0.15, -0.1) is 0 Å². The fourth-order valence-corrected chi connectivity index (χ4v) is 1.86. The largest absolute Gasteiger partial charge is 0.399 e. The number of rotatable bonds is 4. The molecule has 0 saturated heterocycles. The summed E-state index contributed by atoms with van der Waals surface area (Å²) in [5, 5.41) is 3.36. The average molecular weight is 240 g/mol. The maximum atomic E-state index is 5.66. The van der Waals surface area contributed by atoms with Gasteiger partial charge in [-0.05, 0) is 54.3 Å². The maximum Gasteiger partial charge on any atom is 0.0385 e. The van der Waals surface area contributed by atoms with Crippen LogP contribution in [0.5, 0.6) is 0 Å². The molecule has 1 atom stereocenters. The minimum absolute atomic E-state index is 0.621. The molecular weight excluding hydrogens is 220 g/mol. The summed E-state index contributed by atoms with van der Waals surface area (Å²) in [6, 6.07) is 16.4. The summed E-state index contributed by atoms with van der Waals surface area (Å²) in [7, 11) is 0. The van der Waals surface area contributed by atoms with Gasteiger partial charge >= 0.3 is 0 Å². The van der Waals surface area contributed by atoms with Crippen LogP contribution in [0.4, 0.5) is 17.1 Å². The van der Waals surface area contributed by atoms with E-state index in [1.54, 1.807) is 0 Å². The van der Waals surface area contributed by atoms with Gasteiger partial charge < -0.3 is 11.1 Å². The highest BCUT2D eigenvalue weighted by Crippen LogP contribution is 2.22. The number of nitrogen functional groups attached to an aromatic ring is 1. The Bertz CT molecular complexity index is 486. The molecule has 2 rings (SSSR count). The van der Waals surface area contributed by atoms with E-state index >= 15 is 0 Å². The van der Waals surface area contributed by atoms with Gasteiger partial charge in [0, 0.05) is 17.1 Å². The van der Waals surface area contributed by atoms with E-state index in [0.29, 0.717) is 5.92 Å². The molecule has 0 fully saturated rings. The first-order valence-electron chi connectivity index (χ1n) is 6.41. The Kier molecular flexibility index (Phi) is 3.88. The standard InChI is InChI=1S/C16H20N2/c1-3-12(2)13-4-8-15(9-5-13)18-16-10-6-14(17)7-11-16/h4-12,18H,3,17H2,1-2H3. The molecule has 0 heterocycles. The van der Waals surface area contributed by atoms with Crippen molar-refractivity contribution < 1.29 is 0 Å². The van der Waals surface area contributed by atoms with Crippen molar-refractivity contribution >= 4 is 17.1 Å². The number of nitrogens with one attached hydrogen (secondary N) is 1. The third-order valence-electron chi connectivity index (χ3n) is 3.29. The Balaban J connectivity index is 2.08. The van der Waals surface area contributed by atoms with Crippen molar-refractivity contribution in [2.45, 2.75) is 26.2 Å². The zero-order valence-corrected chi connectivity index (χ0v) is 11.0. The van der Waals surface area contributed by atoms with E-state index in [9.17, 15) is 0 Å². The predicted octanol–water partition coefficient (Wildman–Crippen LogP) is 4.53. The van der Waals surface area contributed by atoms with Gasteiger partial charge in [0.25, 0.3) is 0 Å². The second-order valence-electron chi connectivity index (χ2n) is 4.68. The topological polar surface area (TPSA) is 38.0 Å². The molecule has 0 aliphatic rings. The Labute approximate surface area is 109 Å². The summed E-state index contributed by atoms with van der Waals surface area (Å²) in [6.45, 7) is 4.47. The van der Waals surface area contributed by atoms with Gasteiger partial charge in [0.1, 0.15) is 0 Å². The lowest BCUT2D eigenvalue weighted by atomic mass is 9.99. The second-order valence-corrected chi connectivity index (χ2v) is 4.68. The monoisotopic (exact) mass is 240 g/mol. The summed E-state index contributed by atoms with van der Waals surface area (Å²) < 4.78 is 0. The van der Waals surface area contributed by atoms with Gasteiger partial charge in [-0.1, -0.05) is 26.0 Å². The summed E-state index contributed by atoms with van der Waals surface area (Å²) >= 11 is 0. The molecule has 2 heteroatoms. The van der Waals surface area contributed by atoms with Gasteiger partial charge in [0.2, 0.25) is 0 Å². The van der Waals surface area contributed by atoms with Crippen molar-refractivity contribution in [1.29, 1.82) is 0 Å². The van der Waals surface area contributed by atoms with Crippen LogP contribution in [0.3, 0.4) is 0 Å². The Morgan fingerprint density at radius 2 is 1.44 bits per heavy atom. The predicted molar refractivity (Wildman–Crippen MR) is 79.3 cm³/mol. The lowest BCUT2D eigenvalue weighted by molar-refractivity contribution is 0.734. The lowest BCUT2D eigenvalue weighted by Gasteiger charge is -2.11. The molecule has 0 radical (unpaired) electrons. The van der Waals surface area contributed by atoms with E-state index in [-0.39, 0.29) is 0 Å². The Hall–Kier alpha value is -1.96. The molecular formula is C16H20N2. The second kappa shape index (κ2) is 5.58. The zero-order chi connectivity index (χ0) is 13.0. The maximum absolute atomic E-state index is 5.66. The molecule has 1 unspecified atom stereocenters. The van der Waals surface area contributed by atoms with Crippen molar-refractivity contribution in [3.8, 4) is 0 Å². The smallest absolute Gasteiger partial charge is 0.0385 e. The lowest BCUT2D eigenvalue weighted by Crippen LogP contribution is -1.94. The normalized spacial score (nSPS) is 12.1. The number of hydrogen-bond donors (Lipinski definition) is 2. The van der Waals surface area contributed by atoms with Crippen LogP contribution in [0, 0.1) is 0 Å². The van der Waals surface area contributed by atoms with E-state index < -0.39 is 0 Å². The first kappa shape index (κ1) is 12.5.